The minimum Gasteiger partial charge on any atom is -0.364 e. The van der Waals surface area contributed by atoms with Crippen LogP contribution < -0.4 is 5.32 Å². The number of likely N-dealkylation sites (tertiary alicyclic amines) is 1. The Morgan fingerprint density at radius 1 is 1.17 bits per heavy atom. The van der Waals surface area contributed by atoms with Gasteiger partial charge in [-0.1, -0.05) is 0 Å². The Balaban J connectivity index is 1.52. The molecule has 1 aliphatic carbocycles. The minimum atomic E-state index is -3.25. The van der Waals surface area contributed by atoms with Crippen LogP contribution in [0.25, 0.3) is 22.4 Å². The molecule has 3 aromatic rings. The summed E-state index contributed by atoms with van der Waals surface area (Å²) in [5.74, 6) is 0.662. The largest absolute Gasteiger partial charge is 0.364 e. The van der Waals surface area contributed by atoms with E-state index in [1.54, 1.807) is 6.20 Å². The number of hydrogen-bond acceptors (Lipinski definition) is 7. The Morgan fingerprint density at radius 2 is 2.00 bits per heavy atom. The average Bonchev–Trinajstić information content (AvgIpc) is 3.44. The van der Waals surface area contributed by atoms with Crippen LogP contribution in [0.1, 0.15) is 31.4 Å². The SMILES string of the molecule is Cc1ccc(-c2cnc3[nH]ccc3n2)c(NC2CCCN(C3CC3)C2S(C)(=O)=O)n1. The Hall–Kier alpha value is -2.52. The van der Waals surface area contributed by atoms with Gasteiger partial charge in [0.15, 0.2) is 15.5 Å². The molecule has 30 heavy (non-hydrogen) atoms. The molecule has 158 valence electrons. The molecule has 1 aliphatic heterocycles. The number of anilines is 1. The summed E-state index contributed by atoms with van der Waals surface area (Å²) in [6, 6.07) is 5.97. The fraction of sp³-hybridized carbons (Fsp3) is 0.476. The van der Waals surface area contributed by atoms with E-state index in [4.69, 9.17) is 9.97 Å². The molecule has 3 aromatic heterocycles. The van der Waals surface area contributed by atoms with E-state index in [9.17, 15) is 8.42 Å². The van der Waals surface area contributed by atoms with Gasteiger partial charge in [-0.25, -0.2) is 23.4 Å². The lowest BCUT2D eigenvalue weighted by Gasteiger charge is -2.41. The monoisotopic (exact) mass is 426 g/mol. The van der Waals surface area contributed by atoms with Gasteiger partial charge in [0.1, 0.15) is 16.7 Å². The van der Waals surface area contributed by atoms with E-state index >= 15 is 0 Å². The van der Waals surface area contributed by atoms with Gasteiger partial charge in [-0.3, -0.25) is 4.90 Å². The molecule has 2 unspecified atom stereocenters. The third-order valence-electron chi connectivity index (χ3n) is 5.95. The van der Waals surface area contributed by atoms with E-state index in [-0.39, 0.29) is 6.04 Å². The number of piperidine rings is 1. The second kappa shape index (κ2) is 7.31. The predicted octanol–water partition coefficient (Wildman–Crippen LogP) is 2.74. The molecule has 2 aliphatic rings. The first kappa shape index (κ1) is 19.4. The van der Waals surface area contributed by atoms with Gasteiger partial charge in [-0.05, 0) is 57.4 Å². The number of aromatic amines is 1. The highest BCUT2D eigenvalue weighted by molar-refractivity contribution is 7.91. The molecule has 5 rings (SSSR count). The van der Waals surface area contributed by atoms with Crippen molar-refractivity contribution in [3.05, 3.63) is 36.3 Å². The molecule has 4 heterocycles. The van der Waals surface area contributed by atoms with Crippen LogP contribution in [0.15, 0.2) is 30.6 Å². The molecule has 1 saturated carbocycles. The maximum Gasteiger partial charge on any atom is 0.165 e. The van der Waals surface area contributed by atoms with Crippen molar-refractivity contribution < 1.29 is 8.42 Å². The number of nitrogens with one attached hydrogen (secondary N) is 2. The van der Waals surface area contributed by atoms with Crippen LogP contribution in [-0.4, -0.2) is 63.5 Å². The van der Waals surface area contributed by atoms with Gasteiger partial charge in [0.2, 0.25) is 0 Å². The van der Waals surface area contributed by atoms with E-state index in [2.05, 4.69) is 20.2 Å². The van der Waals surface area contributed by atoms with Crippen molar-refractivity contribution in [2.45, 2.75) is 50.1 Å². The highest BCUT2D eigenvalue weighted by Gasteiger charge is 2.45. The smallest absolute Gasteiger partial charge is 0.165 e. The maximum atomic E-state index is 12.7. The van der Waals surface area contributed by atoms with Crippen LogP contribution in [0, 0.1) is 6.92 Å². The quantitative estimate of drug-likeness (QED) is 0.646. The molecule has 2 atom stereocenters. The number of sulfone groups is 1. The van der Waals surface area contributed by atoms with E-state index in [0.717, 1.165) is 54.6 Å². The van der Waals surface area contributed by atoms with Crippen molar-refractivity contribution in [1.29, 1.82) is 0 Å². The first-order valence-electron chi connectivity index (χ1n) is 10.4. The van der Waals surface area contributed by atoms with Gasteiger partial charge in [-0.2, -0.15) is 0 Å². The number of hydrogen-bond donors (Lipinski definition) is 2. The second-order valence-electron chi connectivity index (χ2n) is 8.40. The summed E-state index contributed by atoms with van der Waals surface area (Å²) >= 11 is 0. The number of rotatable bonds is 5. The first-order chi connectivity index (χ1) is 14.4. The molecule has 0 radical (unpaired) electrons. The van der Waals surface area contributed by atoms with Crippen molar-refractivity contribution in [3.63, 3.8) is 0 Å². The summed E-state index contributed by atoms with van der Waals surface area (Å²) in [5.41, 5.74) is 3.92. The Labute approximate surface area is 176 Å². The number of nitrogens with zero attached hydrogens (tertiary/aromatic N) is 4. The molecule has 0 bridgehead atoms. The average molecular weight is 427 g/mol. The maximum absolute atomic E-state index is 12.7. The molecule has 0 amide bonds. The van der Waals surface area contributed by atoms with Gasteiger partial charge >= 0.3 is 0 Å². The second-order valence-corrected chi connectivity index (χ2v) is 10.5. The predicted molar refractivity (Wildman–Crippen MR) is 117 cm³/mol. The number of H-pyrrole nitrogens is 1. The van der Waals surface area contributed by atoms with Crippen LogP contribution in [0.3, 0.4) is 0 Å². The Bertz CT molecular complexity index is 1190. The number of fused-ring (bicyclic) bond motifs is 1. The van der Waals surface area contributed by atoms with Crippen LogP contribution >= 0.6 is 0 Å². The normalized spacial score (nSPS) is 23.0. The van der Waals surface area contributed by atoms with E-state index in [0.29, 0.717) is 17.6 Å². The lowest BCUT2D eigenvalue weighted by molar-refractivity contribution is 0.177. The molecular formula is C21H26N6O2S. The molecule has 0 spiro atoms. The fourth-order valence-electron chi connectivity index (χ4n) is 4.49. The molecule has 9 heteroatoms. The zero-order valence-electron chi connectivity index (χ0n) is 17.2. The van der Waals surface area contributed by atoms with Crippen molar-refractivity contribution in [3.8, 4) is 11.3 Å². The molecule has 2 fully saturated rings. The van der Waals surface area contributed by atoms with E-state index in [1.165, 1.54) is 6.26 Å². The number of pyridine rings is 1. The van der Waals surface area contributed by atoms with Gasteiger partial charge in [0.05, 0.1) is 17.9 Å². The number of aryl methyl sites for hydroxylation is 1. The van der Waals surface area contributed by atoms with Crippen LogP contribution in [0.2, 0.25) is 0 Å². The third-order valence-corrected chi connectivity index (χ3v) is 7.43. The van der Waals surface area contributed by atoms with Gasteiger partial charge in [0, 0.05) is 29.8 Å². The number of aromatic nitrogens is 4. The summed E-state index contributed by atoms with van der Waals surface area (Å²) in [6.45, 7) is 2.77. The molecular weight excluding hydrogens is 400 g/mol. The summed E-state index contributed by atoms with van der Waals surface area (Å²) in [5, 5.41) is 2.96. The van der Waals surface area contributed by atoms with Crippen molar-refractivity contribution in [2.75, 3.05) is 18.1 Å². The summed E-state index contributed by atoms with van der Waals surface area (Å²) in [7, 11) is -3.25. The fourth-order valence-corrected chi connectivity index (χ4v) is 6.06. The van der Waals surface area contributed by atoms with Crippen molar-refractivity contribution >= 4 is 26.8 Å². The van der Waals surface area contributed by atoms with Crippen molar-refractivity contribution in [1.82, 2.24) is 24.8 Å². The minimum absolute atomic E-state index is 0.216. The van der Waals surface area contributed by atoms with Crippen LogP contribution in [0.5, 0.6) is 0 Å². The van der Waals surface area contributed by atoms with Gasteiger partial charge < -0.3 is 10.3 Å². The lowest BCUT2D eigenvalue weighted by Crippen LogP contribution is -2.55. The topological polar surface area (TPSA) is 104 Å². The van der Waals surface area contributed by atoms with Crippen LogP contribution in [-0.2, 0) is 9.84 Å². The van der Waals surface area contributed by atoms with Gasteiger partial charge in [-0.15, -0.1) is 0 Å². The Kier molecular flexibility index (Phi) is 4.74. The van der Waals surface area contributed by atoms with E-state index in [1.807, 2.05) is 31.3 Å². The van der Waals surface area contributed by atoms with Gasteiger partial charge in [0.25, 0.3) is 0 Å². The molecule has 1 saturated heterocycles. The summed E-state index contributed by atoms with van der Waals surface area (Å²) < 4.78 is 25.5. The highest BCUT2D eigenvalue weighted by atomic mass is 32.2. The van der Waals surface area contributed by atoms with E-state index < -0.39 is 15.2 Å². The molecule has 8 nitrogen and oxygen atoms in total. The molecule has 2 N–H and O–H groups in total. The Morgan fingerprint density at radius 3 is 2.77 bits per heavy atom. The summed E-state index contributed by atoms with van der Waals surface area (Å²) in [4.78, 5) is 19.1. The zero-order valence-corrected chi connectivity index (χ0v) is 18.0. The highest BCUT2D eigenvalue weighted by Crippen LogP contribution is 2.36. The van der Waals surface area contributed by atoms with Crippen molar-refractivity contribution in [2.24, 2.45) is 0 Å². The summed E-state index contributed by atoms with van der Waals surface area (Å²) in [6.07, 6.45) is 8.81. The van der Waals surface area contributed by atoms with Crippen LogP contribution in [0.4, 0.5) is 5.82 Å². The lowest BCUT2D eigenvalue weighted by atomic mass is 10.0. The third kappa shape index (κ3) is 3.67. The first-order valence-corrected chi connectivity index (χ1v) is 12.3. The standard InChI is InChI=1S/C21H26N6O2S/c1-13-5-8-15(18-12-23-20-16(25-18)9-10-22-20)19(24-13)26-17-4-3-11-27(14-6-7-14)21(17)30(2,28)29/h5,8-10,12,14,17,21H,3-4,6-7,11H2,1-2H3,(H,22,23)(H,24,26). The molecule has 0 aromatic carbocycles. The zero-order chi connectivity index (χ0) is 20.9.